The van der Waals surface area contributed by atoms with Crippen molar-refractivity contribution in [3.63, 3.8) is 0 Å². The predicted octanol–water partition coefficient (Wildman–Crippen LogP) is 4.24. The number of rotatable bonds is 0. The van der Waals surface area contributed by atoms with Gasteiger partial charge in [0.05, 0.1) is 5.52 Å². The van der Waals surface area contributed by atoms with Gasteiger partial charge in [-0.2, -0.15) is 10.1 Å². The number of hydrogen-bond donors (Lipinski definition) is 1. The molecule has 0 bridgehead atoms. The Morgan fingerprint density at radius 1 is 1.30 bits per heavy atom. The van der Waals surface area contributed by atoms with Crippen molar-refractivity contribution in [3.8, 4) is 0 Å². The zero-order valence-corrected chi connectivity index (χ0v) is 14.2. The summed E-state index contributed by atoms with van der Waals surface area (Å²) in [5, 5.41) is 8.23. The van der Waals surface area contributed by atoms with Gasteiger partial charge in [-0.25, -0.2) is 0 Å². The number of aryl methyl sites for hydroxylation is 1. The highest BCUT2D eigenvalue weighted by Gasteiger charge is 2.20. The number of hydrogen-bond acceptors (Lipinski definition) is 3. The third-order valence-electron chi connectivity index (χ3n) is 3.52. The van der Waals surface area contributed by atoms with Gasteiger partial charge in [-0.15, -0.1) is 0 Å². The van der Waals surface area contributed by atoms with Crippen LogP contribution in [0.2, 0.25) is 0 Å². The third-order valence-corrected chi connectivity index (χ3v) is 4.31. The van der Waals surface area contributed by atoms with Gasteiger partial charge in [-0.1, -0.05) is 20.8 Å². The Morgan fingerprint density at radius 3 is 2.65 bits per heavy atom. The molecular weight excluding hydrogens is 336 g/mol. The molecule has 0 amide bonds. The molecule has 3 aromatic rings. The molecule has 3 rings (SSSR count). The molecular formula is C14H15BrN4S. The topological polar surface area (TPSA) is 46.5 Å². The van der Waals surface area contributed by atoms with Crippen LogP contribution in [0.1, 0.15) is 26.3 Å². The van der Waals surface area contributed by atoms with Crippen molar-refractivity contribution in [2.24, 2.45) is 7.05 Å². The van der Waals surface area contributed by atoms with Gasteiger partial charge in [-0.05, 0) is 51.3 Å². The highest BCUT2D eigenvalue weighted by atomic mass is 79.9. The van der Waals surface area contributed by atoms with E-state index in [0.717, 1.165) is 26.5 Å². The number of aromatic nitrogens is 4. The fourth-order valence-electron chi connectivity index (χ4n) is 2.40. The van der Waals surface area contributed by atoms with E-state index in [-0.39, 0.29) is 5.41 Å². The fourth-order valence-corrected chi connectivity index (χ4v) is 3.26. The summed E-state index contributed by atoms with van der Waals surface area (Å²) >= 11 is 8.74. The van der Waals surface area contributed by atoms with Gasteiger partial charge in [0.25, 0.3) is 0 Å². The molecule has 1 N–H and O–H groups in total. The minimum absolute atomic E-state index is 0.0774. The molecule has 0 unspecified atom stereocenters. The molecule has 6 heteroatoms. The maximum absolute atomic E-state index is 5.07. The molecule has 0 spiro atoms. The van der Waals surface area contributed by atoms with Crippen molar-refractivity contribution >= 4 is 50.2 Å². The molecule has 0 fully saturated rings. The van der Waals surface area contributed by atoms with Crippen LogP contribution in [0.4, 0.5) is 0 Å². The second-order valence-corrected chi connectivity index (χ2v) is 7.22. The van der Waals surface area contributed by atoms with Crippen LogP contribution >= 0.6 is 28.1 Å². The van der Waals surface area contributed by atoms with E-state index < -0.39 is 0 Å². The largest absolute Gasteiger partial charge is 0.326 e. The molecule has 0 radical (unpaired) electrons. The molecule has 0 saturated heterocycles. The maximum Gasteiger partial charge on any atom is 0.215 e. The van der Waals surface area contributed by atoms with Crippen molar-refractivity contribution in [1.29, 1.82) is 0 Å². The Bertz CT molecular complexity index is 886. The monoisotopic (exact) mass is 350 g/mol. The Morgan fingerprint density at radius 2 is 2.00 bits per heavy atom. The molecule has 4 nitrogen and oxygen atoms in total. The first-order valence-electron chi connectivity index (χ1n) is 6.34. The molecule has 104 valence electrons. The number of H-pyrrole nitrogens is 1. The summed E-state index contributed by atoms with van der Waals surface area (Å²) in [5.41, 5.74) is 4.07. The summed E-state index contributed by atoms with van der Waals surface area (Å²) in [4.78, 5) is 4.38. The van der Waals surface area contributed by atoms with Crippen molar-refractivity contribution in [3.05, 3.63) is 26.9 Å². The average Bonchev–Trinajstić information content (AvgIpc) is 2.62. The lowest BCUT2D eigenvalue weighted by atomic mass is 9.86. The number of nitrogens with zero attached hydrogens (tertiary/aromatic N) is 3. The van der Waals surface area contributed by atoms with Crippen LogP contribution in [0, 0.1) is 4.77 Å². The molecule has 20 heavy (non-hydrogen) atoms. The average molecular weight is 351 g/mol. The van der Waals surface area contributed by atoms with Crippen LogP contribution in [0.25, 0.3) is 22.1 Å². The van der Waals surface area contributed by atoms with Gasteiger partial charge in [0, 0.05) is 16.9 Å². The first-order valence-corrected chi connectivity index (χ1v) is 7.54. The van der Waals surface area contributed by atoms with Gasteiger partial charge in [0.1, 0.15) is 5.52 Å². The summed E-state index contributed by atoms with van der Waals surface area (Å²) in [7, 11) is 1.98. The van der Waals surface area contributed by atoms with Gasteiger partial charge in [0.15, 0.2) is 5.65 Å². The van der Waals surface area contributed by atoms with Crippen molar-refractivity contribution < 1.29 is 0 Å². The van der Waals surface area contributed by atoms with Crippen LogP contribution in [-0.4, -0.2) is 19.7 Å². The van der Waals surface area contributed by atoms with Crippen LogP contribution in [-0.2, 0) is 12.5 Å². The van der Waals surface area contributed by atoms with Crippen LogP contribution in [0.15, 0.2) is 16.6 Å². The molecule has 1 aromatic carbocycles. The first kappa shape index (κ1) is 13.7. The van der Waals surface area contributed by atoms with Crippen LogP contribution in [0.5, 0.6) is 0 Å². The van der Waals surface area contributed by atoms with Gasteiger partial charge >= 0.3 is 0 Å². The van der Waals surface area contributed by atoms with Gasteiger partial charge in [0.2, 0.25) is 4.77 Å². The highest BCUT2D eigenvalue weighted by molar-refractivity contribution is 9.10. The minimum atomic E-state index is 0.0774. The number of fused-ring (bicyclic) bond motifs is 3. The van der Waals surface area contributed by atoms with E-state index in [1.165, 1.54) is 5.56 Å². The lowest BCUT2D eigenvalue weighted by Gasteiger charge is -2.19. The highest BCUT2D eigenvalue weighted by Crippen LogP contribution is 2.35. The Labute approximate surface area is 130 Å². The maximum atomic E-state index is 5.07. The van der Waals surface area contributed by atoms with E-state index in [0.29, 0.717) is 4.77 Å². The predicted molar refractivity (Wildman–Crippen MR) is 87.6 cm³/mol. The van der Waals surface area contributed by atoms with E-state index in [1.807, 2.05) is 11.6 Å². The third kappa shape index (κ3) is 1.98. The second kappa shape index (κ2) is 4.36. The standard InChI is InChI=1S/C14H15BrN4S/c1-14(2,3)7-5-8-10-12(16-13(20)18-17-10)19(4)11(8)9(15)6-7/h5-6H,1-4H3,(H,16,18,20). The second-order valence-electron chi connectivity index (χ2n) is 5.98. The quantitative estimate of drug-likeness (QED) is 0.616. The fraction of sp³-hybridized carbons (Fsp3) is 0.357. The lowest BCUT2D eigenvalue weighted by molar-refractivity contribution is 0.591. The zero-order valence-electron chi connectivity index (χ0n) is 11.8. The normalized spacial score (nSPS) is 12.4. The number of benzene rings is 1. The van der Waals surface area contributed by atoms with Crippen molar-refractivity contribution in [2.75, 3.05) is 0 Å². The molecule has 0 atom stereocenters. The van der Waals surface area contributed by atoms with Crippen LogP contribution < -0.4 is 0 Å². The zero-order chi connectivity index (χ0) is 14.7. The van der Waals surface area contributed by atoms with Crippen molar-refractivity contribution in [2.45, 2.75) is 26.2 Å². The SMILES string of the molecule is Cn1c2nc(=S)[nH]nc2c2cc(C(C)(C)C)cc(Br)c21. The Kier molecular flexibility index (Phi) is 2.99. The summed E-state index contributed by atoms with van der Waals surface area (Å²) in [6.45, 7) is 6.60. The van der Waals surface area contributed by atoms with E-state index in [9.17, 15) is 0 Å². The lowest BCUT2D eigenvalue weighted by Crippen LogP contribution is -2.10. The van der Waals surface area contributed by atoms with E-state index in [4.69, 9.17) is 12.2 Å². The minimum Gasteiger partial charge on any atom is -0.326 e. The summed E-state index contributed by atoms with van der Waals surface area (Å²) in [6.07, 6.45) is 0. The molecule has 2 heterocycles. The molecule has 0 saturated carbocycles. The number of aromatic amines is 1. The molecule has 2 aromatic heterocycles. The molecule has 0 aliphatic carbocycles. The van der Waals surface area contributed by atoms with Gasteiger partial charge in [-0.3, -0.25) is 5.10 Å². The van der Waals surface area contributed by atoms with E-state index in [1.54, 1.807) is 0 Å². The summed E-state index contributed by atoms with van der Waals surface area (Å²) in [6, 6.07) is 4.35. The smallest absolute Gasteiger partial charge is 0.215 e. The van der Waals surface area contributed by atoms with Crippen molar-refractivity contribution in [1.82, 2.24) is 19.7 Å². The number of halogens is 1. The van der Waals surface area contributed by atoms with E-state index in [2.05, 4.69) is 64.0 Å². The Hall–Kier alpha value is -1.27. The van der Waals surface area contributed by atoms with Gasteiger partial charge < -0.3 is 4.57 Å². The summed E-state index contributed by atoms with van der Waals surface area (Å²) in [5.74, 6) is 0. The molecule has 0 aliphatic rings. The van der Waals surface area contributed by atoms with Crippen LogP contribution in [0.3, 0.4) is 0 Å². The number of nitrogens with one attached hydrogen (secondary N) is 1. The first-order chi connectivity index (χ1) is 9.29. The summed E-state index contributed by atoms with van der Waals surface area (Å²) < 4.78 is 3.47. The molecule has 0 aliphatic heterocycles. The Balaban J connectivity index is 2.53. The van der Waals surface area contributed by atoms with E-state index >= 15 is 0 Å².